The Hall–Kier alpha value is -0.350. The molecule has 1 aromatic rings. The summed E-state index contributed by atoms with van der Waals surface area (Å²) < 4.78 is 5.93. The third-order valence-corrected chi connectivity index (χ3v) is 2.59. The summed E-state index contributed by atoms with van der Waals surface area (Å²) >= 11 is 6.42. The minimum absolute atomic E-state index is 0.0122. The zero-order valence-electron chi connectivity index (χ0n) is 7.01. The number of halogens is 2. The molecule has 0 atom stereocenters. The lowest BCUT2D eigenvalue weighted by Crippen LogP contribution is -2.02. The van der Waals surface area contributed by atoms with Gasteiger partial charge in [-0.2, -0.15) is 0 Å². The molecule has 0 aliphatic carbocycles. The fourth-order valence-corrected chi connectivity index (χ4v) is 1.63. The average molecular weight is 308 g/mol. The minimum atomic E-state index is 0.0122. The Labute approximate surface area is 93.5 Å². The number of ketones is 1. The molecule has 0 heterocycles. The SMILES string of the molecule is COc1ccc(Br)cc1C(=O)CBr. The second-order valence-corrected chi connectivity index (χ2v) is 3.88. The van der Waals surface area contributed by atoms with Crippen LogP contribution < -0.4 is 4.74 Å². The van der Waals surface area contributed by atoms with Gasteiger partial charge in [0.2, 0.25) is 0 Å². The van der Waals surface area contributed by atoms with Crippen molar-refractivity contribution < 1.29 is 9.53 Å². The number of hydrogen-bond donors (Lipinski definition) is 0. The van der Waals surface area contributed by atoms with Crippen LogP contribution >= 0.6 is 31.9 Å². The highest BCUT2D eigenvalue weighted by Gasteiger charge is 2.10. The van der Waals surface area contributed by atoms with Gasteiger partial charge in [-0.1, -0.05) is 31.9 Å². The van der Waals surface area contributed by atoms with Crippen molar-refractivity contribution in [3.8, 4) is 5.75 Å². The van der Waals surface area contributed by atoms with E-state index in [1.165, 1.54) is 0 Å². The summed E-state index contributed by atoms with van der Waals surface area (Å²) in [5, 5.41) is 0.305. The summed E-state index contributed by atoms with van der Waals surface area (Å²) in [5.41, 5.74) is 0.591. The molecule has 0 bridgehead atoms. The molecule has 2 nitrogen and oxygen atoms in total. The number of carbonyl (C=O) groups excluding carboxylic acids is 1. The van der Waals surface area contributed by atoms with E-state index in [1.807, 2.05) is 6.07 Å². The van der Waals surface area contributed by atoms with Crippen molar-refractivity contribution in [1.29, 1.82) is 0 Å². The predicted molar refractivity (Wildman–Crippen MR) is 58.8 cm³/mol. The molecular weight excluding hydrogens is 300 g/mol. The van der Waals surface area contributed by atoms with Gasteiger partial charge in [-0.15, -0.1) is 0 Å². The molecule has 0 saturated carbocycles. The highest BCUT2D eigenvalue weighted by Crippen LogP contribution is 2.23. The predicted octanol–water partition coefficient (Wildman–Crippen LogP) is 3.04. The largest absolute Gasteiger partial charge is 0.496 e. The molecule has 0 fully saturated rings. The summed E-state index contributed by atoms with van der Waals surface area (Å²) in [5.74, 6) is 0.616. The smallest absolute Gasteiger partial charge is 0.177 e. The number of hydrogen-bond acceptors (Lipinski definition) is 2. The van der Waals surface area contributed by atoms with Crippen LogP contribution in [0.15, 0.2) is 22.7 Å². The summed E-state index contributed by atoms with van der Waals surface area (Å²) in [4.78, 5) is 11.4. The van der Waals surface area contributed by atoms with Gasteiger partial charge in [-0.05, 0) is 18.2 Å². The van der Waals surface area contributed by atoms with Gasteiger partial charge in [0.1, 0.15) is 5.75 Å². The van der Waals surface area contributed by atoms with Crippen LogP contribution in [0.25, 0.3) is 0 Å². The second-order valence-electron chi connectivity index (χ2n) is 2.40. The summed E-state index contributed by atoms with van der Waals surface area (Å²) in [7, 11) is 1.55. The van der Waals surface area contributed by atoms with E-state index in [9.17, 15) is 4.79 Å². The van der Waals surface area contributed by atoms with Crippen LogP contribution in [0.5, 0.6) is 5.75 Å². The number of rotatable bonds is 3. The Morgan fingerprint density at radius 2 is 2.23 bits per heavy atom. The van der Waals surface area contributed by atoms with Crippen molar-refractivity contribution in [1.82, 2.24) is 0 Å². The molecule has 70 valence electrons. The Balaban J connectivity index is 3.15. The standard InChI is InChI=1S/C9H8Br2O2/c1-13-9-3-2-6(11)4-7(9)8(12)5-10/h2-4H,5H2,1H3. The van der Waals surface area contributed by atoms with Crippen LogP contribution in [0.2, 0.25) is 0 Å². The first kappa shape index (κ1) is 10.7. The van der Waals surface area contributed by atoms with E-state index in [0.29, 0.717) is 16.6 Å². The third kappa shape index (κ3) is 2.54. The number of Topliss-reactive ketones (excluding diaryl/α,β-unsaturated/α-hetero) is 1. The first-order chi connectivity index (χ1) is 6.19. The summed E-state index contributed by atoms with van der Waals surface area (Å²) in [6.07, 6.45) is 0. The third-order valence-electron chi connectivity index (χ3n) is 1.58. The maximum atomic E-state index is 11.4. The minimum Gasteiger partial charge on any atom is -0.496 e. The molecule has 1 rings (SSSR count). The Kier molecular flexibility index (Phi) is 3.93. The van der Waals surface area contributed by atoms with E-state index in [2.05, 4.69) is 31.9 Å². The highest BCUT2D eigenvalue weighted by molar-refractivity contribution is 9.10. The van der Waals surface area contributed by atoms with E-state index in [-0.39, 0.29) is 5.78 Å². The van der Waals surface area contributed by atoms with E-state index in [1.54, 1.807) is 19.2 Å². The lowest BCUT2D eigenvalue weighted by Gasteiger charge is -2.05. The maximum absolute atomic E-state index is 11.4. The van der Waals surface area contributed by atoms with Crippen LogP contribution in [0.3, 0.4) is 0 Å². The molecule has 0 unspecified atom stereocenters. The van der Waals surface area contributed by atoms with E-state index in [4.69, 9.17) is 4.74 Å². The first-order valence-corrected chi connectivity index (χ1v) is 5.53. The Morgan fingerprint density at radius 3 is 2.77 bits per heavy atom. The van der Waals surface area contributed by atoms with Crippen LogP contribution in [0, 0.1) is 0 Å². The molecule has 1 aromatic carbocycles. The molecule has 0 saturated heterocycles. The van der Waals surface area contributed by atoms with Gasteiger partial charge < -0.3 is 4.74 Å². The van der Waals surface area contributed by atoms with Gasteiger partial charge in [-0.3, -0.25) is 4.79 Å². The van der Waals surface area contributed by atoms with Gasteiger partial charge >= 0.3 is 0 Å². The van der Waals surface area contributed by atoms with Gasteiger partial charge in [0, 0.05) is 4.47 Å². The molecule has 0 aliphatic heterocycles. The molecule has 0 radical (unpaired) electrons. The van der Waals surface area contributed by atoms with Gasteiger partial charge in [0.05, 0.1) is 18.0 Å². The number of methoxy groups -OCH3 is 1. The maximum Gasteiger partial charge on any atom is 0.177 e. The van der Waals surface area contributed by atoms with E-state index < -0.39 is 0 Å². The molecule has 0 aromatic heterocycles. The van der Waals surface area contributed by atoms with Crippen molar-refractivity contribution in [2.24, 2.45) is 0 Å². The van der Waals surface area contributed by atoms with E-state index >= 15 is 0 Å². The number of benzene rings is 1. The van der Waals surface area contributed by atoms with Crippen molar-refractivity contribution in [2.75, 3.05) is 12.4 Å². The lowest BCUT2D eigenvalue weighted by atomic mass is 10.1. The number of ether oxygens (including phenoxy) is 1. The van der Waals surface area contributed by atoms with Crippen LogP contribution in [-0.2, 0) is 0 Å². The fraction of sp³-hybridized carbons (Fsp3) is 0.222. The number of carbonyl (C=O) groups is 1. The molecule has 0 aliphatic rings. The molecule has 0 N–H and O–H groups in total. The summed E-state index contributed by atoms with van der Waals surface area (Å²) in [6.45, 7) is 0. The Morgan fingerprint density at radius 1 is 1.54 bits per heavy atom. The summed E-state index contributed by atoms with van der Waals surface area (Å²) in [6, 6.07) is 5.35. The second kappa shape index (κ2) is 4.77. The van der Waals surface area contributed by atoms with Crippen LogP contribution in [-0.4, -0.2) is 18.2 Å². The first-order valence-electron chi connectivity index (χ1n) is 3.61. The Bertz CT molecular complexity index is 323. The highest BCUT2D eigenvalue weighted by atomic mass is 79.9. The van der Waals surface area contributed by atoms with Crippen molar-refractivity contribution in [3.63, 3.8) is 0 Å². The van der Waals surface area contributed by atoms with E-state index in [0.717, 1.165) is 4.47 Å². The zero-order chi connectivity index (χ0) is 9.84. The van der Waals surface area contributed by atoms with Crippen LogP contribution in [0.1, 0.15) is 10.4 Å². The fourth-order valence-electron chi connectivity index (χ4n) is 0.970. The van der Waals surface area contributed by atoms with Crippen molar-refractivity contribution in [3.05, 3.63) is 28.2 Å². The van der Waals surface area contributed by atoms with Gasteiger partial charge in [0.25, 0.3) is 0 Å². The lowest BCUT2D eigenvalue weighted by molar-refractivity contribution is 0.102. The van der Waals surface area contributed by atoms with Crippen molar-refractivity contribution >= 4 is 37.6 Å². The topological polar surface area (TPSA) is 26.3 Å². The monoisotopic (exact) mass is 306 g/mol. The zero-order valence-corrected chi connectivity index (χ0v) is 10.2. The normalized spacial score (nSPS) is 9.77. The molecule has 0 amide bonds. The molecule has 13 heavy (non-hydrogen) atoms. The molecule has 0 spiro atoms. The quantitative estimate of drug-likeness (QED) is 0.634. The molecule has 4 heteroatoms. The van der Waals surface area contributed by atoms with Gasteiger partial charge in [-0.25, -0.2) is 0 Å². The van der Waals surface area contributed by atoms with Gasteiger partial charge in [0.15, 0.2) is 5.78 Å². The number of alkyl halides is 1. The average Bonchev–Trinajstić information content (AvgIpc) is 2.16. The van der Waals surface area contributed by atoms with Crippen molar-refractivity contribution in [2.45, 2.75) is 0 Å². The molecular formula is C9H8Br2O2. The van der Waals surface area contributed by atoms with Crippen LogP contribution in [0.4, 0.5) is 0 Å².